The Morgan fingerprint density at radius 3 is 2.31 bits per heavy atom. The summed E-state index contributed by atoms with van der Waals surface area (Å²) in [5, 5.41) is 0.586. The molecule has 6 nitrogen and oxygen atoms in total. The molecule has 156 valence electrons. The lowest BCUT2D eigenvalue weighted by Crippen LogP contribution is -2.43. The molecule has 0 saturated carbocycles. The van der Waals surface area contributed by atoms with Crippen molar-refractivity contribution in [2.45, 2.75) is 19.0 Å². The number of anilines is 1. The van der Waals surface area contributed by atoms with E-state index in [-0.39, 0.29) is 30.1 Å². The summed E-state index contributed by atoms with van der Waals surface area (Å²) >= 11 is 5.87. The number of hydrogen-bond donors (Lipinski definition) is 0. The maximum absolute atomic E-state index is 12.9. The molecular formula is C21H25ClN2O4S. The van der Waals surface area contributed by atoms with Crippen LogP contribution in [0.2, 0.25) is 5.02 Å². The predicted molar refractivity (Wildman–Crippen MR) is 115 cm³/mol. The highest BCUT2D eigenvalue weighted by Gasteiger charge is 2.34. The zero-order chi connectivity index (χ0) is 21.0. The third-order valence-corrected chi connectivity index (χ3v) is 6.95. The maximum Gasteiger partial charge on any atom is 0.261 e. The summed E-state index contributed by atoms with van der Waals surface area (Å²) in [6.45, 7) is 0.185. The summed E-state index contributed by atoms with van der Waals surface area (Å²) in [7, 11) is 0.809. The zero-order valence-corrected chi connectivity index (χ0v) is 18.1. The van der Waals surface area contributed by atoms with Crippen LogP contribution >= 0.6 is 11.6 Å². The molecule has 2 aromatic carbocycles. The molecule has 1 unspecified atom stereocenters. The summed E-state index contributed by atoms with van der Waals surface area (Å²) < 4.78 is 29.5. The number of carbonyl (C=O) groups is 1. The first kappa shape index (κ1) is 21.5. The monoisotopic (exact) mass is 436 g/mol. The molecule has 1 aliphatic heterocycles. The van der Waals surface area contributed by atoms with Gasteiger partial charge in [-0.1, -0.05) is 23.7 Å². The van der Waals surface area contributed by atoms with E-state index in [9.17, 15) is 13.2 Å². The van der Waals surface area contributed by atoms with Crippen molar-refractivity contribution in [1.82, 2.24) is 4.90 Å². The van der Waals surface area contributed by atoms with Crippen LogP contribution in [0, 0.1) is 0 Å². The van der Waals surface area contributed by atoms with E-state index in [1.165, 1.54) is 0 Å². The van der Waals surface area contributed by atoms with Gasteiger partial charge in [0.25, 0.3) is 5.91 Å². The number of benzene rings is 2. The van der Waals surface area contributed by atoms with Crippen molar-refractivity contribution < 1.29 is 17.9 Å². The SMILES string of the molecule is CN(C)c1ccc(CN(C(=O)COc2ccc(Cl)cc2)C2CCS(=O)(=O)C2)cc1. The third-order valence-electron chi connectivity index (χ3n) is 4.95. The van der Waals surface area contributed by atoms with Gasteiger partial charge in [0.2, 0.25) is 0 Å². The Hall–Kier alpha value is -2.25. The van der Waals surface area contributed by atoms with E-state index in [0.717, 1.165) is 11.3 Å². The summed E-state index contributed by atoms with van der Waals surface area (Å²) in [6.07, 6.45) is 0.449. The first-order valence-corrected chi connectivity index (χ1v) is 11.6. The molecule has 3 rings (SSSR count). The molecular weight excluding hydrogens is 412 g/mol. The number of sulfone groups is 1. The fourth-order valence-corrected chi connectivity index (χ4v) is 5.15. The second-order valence-electron chi connectivity index (χ2n) is 7.38. The predicted octanol–water partition coefficient (Wildman–Crippen LogP) is 3.00. The lowest BCUT2D eigenvalue weighted by Gasteiger charge is -2.28. The summed E-state index contributed by atoms with van der Waals surface area (Å²) in [5.41, 5.74) is 2.00. The molecule has 8 heteroatoms. The van der Waals surface area contributed by atoms with Gasteiger partial charge in [-0.3, -0.25) is 4.79 Å². The topological polar surface area (TPSA) is 66.9 Å². The average molecular weight is 437 g/mol. The van der Waals surface area contributed by atoms with Gasteiger partial charge in [-0.25, -0.2) is 8.42 Å². The van der Waals surface area contributed by atoms with Crippen LogP contribution in [-0.2, 0) is 21.2 Å². The van der Waals surface area contributed by atoms with Crippen molar-refractivity contribution in [2.75, 3.05) is 37.1 Å². The number of carbonyl (C=O) groups excluding carboxylic acids is 1. The molecule has 1 aliphatic rings. The molecule has 0 N–H and O–H groups in total. The number of ether oxygens (including phenoxy) is 1. The number of halogens is 1. The summed E-state index contributed by atoms with van der Waals surface area (Å²) in [5.74, 6) is 0.407. The molecule has 0 aliphatic carbocycles. The molecule has 0 radical (unpaired) electrons. The number of rotatable bonds is 7. The van der Waals surface area contributed by atoms with Gasteiger partial charge >= 0.3 is 0 Å². The van der Waals surface area contributed by atoms with E-state index in [1.807, 2.05) is 43.3 Å². The van der Waals surface area contributed by atoms with Crippen molar-refractivity contribution in [3.05, 3.63) is 59.1 Å². The van der Waals surface area contributed by atoms with Gasteiger partial charge in [0.05, 0.1) is 11.5 Å². The minimum Gasteiger partial charge on any atom is -0.484 e. The lowest BCUT2D eigenvalue weighted by molar-refractivity contribution is -0.136. The van der Waals surface area contributed by atoms with Crippen molar-refractivity contribution in [2.24, 2.45) is 0 Å². The van der Waals surface area contributed by atoms with Crippen LogP contribution in [0.5, 0.6) is 5.75 Å². The lowest BCUT2D eigenvalue weighted by atomic mass is 10.1. The van der Waals surface area contributed by atoms with Gasteiger partial charge in [-0.2, -0.15) is 0 Å². The van der Waals surface area contributed by atoms with Crippen LogP contribution in [-0.4, -0.2) is 57.5 Å². The van der Waals surface area contributed by atoms with Gasteiger partial charge in [0, 0.05) is 37.4 Å². The van der Waals surface area contributed by atoms with Crippen LogP contribution in [0.3, 0.4) is 0 Å². The zero-order valence-electron chi connectivity index (χ0n) is 16.5. The Morgan fingerprint density at radius 1 is 1.10 bits per heavy atom. The van der Waals surface area contributed by atoms with Crippen molar-refractivity contribution >= 4 is 33.0 Å². The smallest absolute Gasteiger partial charge is 0.261 e. The van der Waals surface area contributed by atoms with Gasteiger partial charge in [-0.05, 0) is 48.4 Å². The minimum atomic E-state index is -3.11. The van der Waals surface area contributed by atoms with E-state index < -0.39 is 9.84 Å². The largest absolute Gasteiger partial charge is 0.484 e. The van der Waals surface area contributed by atoms with E-state index in [0.29, 0.717) is 23.7 Å². The summed E-state index contributed by atoms with van der Waals surface area (Å²) in [4.78, 5) is 16.6. The average Bonchev–Trinajstić information content (AvgIpc) is 3.05. The van der Waals surface area contributed by atoms with Gasteiger partial charge in [0.15, 0.2) is 16.4 Å². The van der Waals surface area contributed by atoms with E-state index >= 15 is 0 Å². The summed E-state index contributed by atoms with van der Waals surface area (Å²) in [6, 6.07) is 14.3. The van der Waals surface area contributed by atoms with Crippen LogP contribution in [0.4, 0.5) is 5.69 Å². The van der Waals surface area contributed by atoms with Crippen molar-refractivity contribution in [3.63, 3.8) is 0 Å². The van der Waals surface area contributed by atoms with Crippen molar-refractivity contribution in [1.29, 1.82) is 0 Å². The first-order valence-electron chi connectivity index (χ1n) is 9.38. The molecule has 0 bridgehead atoms. The molecule has 0 aromatic heterocycles. The normalized spacial score (nSPS) is 17.7. The second kappa shape index (κ2) is 9.05. The van der Waals surface area contributed by atoms with Crippen LogP contribution in [0.15, 0.2) is 48.5 Å². The highest BCUT2D eigenvalue weighted by molar-refractivity contribution is 7.91. The van der Waals surface area contributed by atoms with Gasteiger partial charge < -0.3 is 14.5 Å². The molecule has 1 heterocycles. The number of hydrogen-bond acceptors (Lipinski definition) is 5. The van der Waals surface area contributed by atoms with Crippen molar-refractivity contribution in [3.8, 4) is 5.75 Å². The number of nitrogens with zero attached hydrogens (tertiary/aromatic N) is 2. The van der Waals surface area contributed by atoms with Crippen LogP contribution < -0.4 is 9.64 Å². The molecule has 1 amide bonds. The standard InChI is InChI=1S/C21H25ClN2O4S/c1-23(2)18-7-3-16(4-8-18)13-24(19-11-12-29(26,27)15-19)21(25)14-28-20-9-5-17(22)6-10-20/h3-10,19H,11-15H2,1-2H3. The molecule has 29 heavy (non-hydrogen) atoms. The molecule has 1 saturated heterocycles. The van der Waals surface area contributed by atoms with Crippen LogP contribution in [0.1, 0.15) is 12.0 Å². The Kier molecular flexibility index (Phi) is 6.70. The number of amides is 1. The maximum atomic E-state index is 12.9. The van der Waals surface area contributed by atoms with Gasteiger partial charge in [0.1, 0.15) is 5.75 Å². The van der Waals surface area contributed by atoms with E-state index in [1.54, 1.807) is 29.2 Å². The van der Waals surface area contributed by atoms with Crippen LogP contribution in [0.25, 0.3) is 0 Å². The molecule has 1 atom stereocenters. The fourth-order valence-electron chi connectivity index (χ4n) is 3.30. The molecule has 2 aromatic rings. The first-order chi connectivity index (χ1) is 13.7. The quantitative estimate of drug-likeness (QED) is 0.667. The highest BCUT2D eigenvalue weighted by atomic mass is 35.5. The third kappa shape index (κ3) is 5.87. The fraction of sp³-hybridized carbons (Fsp3) is 0.381. The molecule has 1 fully saturated rings. The van der Waals surface area contributed by atoms with E-state index in [4.69, 9.17) is 16.3 Å². The highest BCUT2D eigenvalue weighted by Crippen LogP contribution is 2.22. The Bertz CT molecular complexity index is 944. The Balaban J connectivity index is 1.73. The van der Waals surface area contributed by atoms with E-state index in [2.05, 4.69) is 0 Å². The van der Waals surface area contributed by atoms with Gasteiger partial charge in [-0.15, -0.1) is 0 Å². The minimum absolute atomic E-state index is 0.00450. The second-order valence-corrected chi connectivity index (χ2v) is 10.0. The Morgan fingerprint density at radius 2 is 1.76 bits per heavy atom. The molecule has 0 spiro atoms. The Labute approximate surface area is 176 Å².